The van der Waals surface area contributed by atoms with Crippen LogP contribution in [0, 0.1) is 5.92 Å². The maximum absolute atomic E-state index is 14.6. The van der Waals surface area contributed by atoms with Gasteiger partial charge in [0.2, 0.25) is 21.8 Å². The molecular weight excluding hydrogens is 685 g/mol. The fourth-order valence-electron chi connectivity index (χ4n) is 7.33. The molecule has 4 amide bonds. The number of hydrogen-bond acceptors (Lipinski definition) is 8. The van der Waals surface area contributed by atoms with Gasteiger partial charge in [0.05, 0.1) is 11.8 Å². The number of alkyl carbamates (subject to hydrolysis) is 1. The predicted octanol–water partition coefficient (Wildman–Crippen LogP) is 4.69. The Morgan fingerprint density at radius 1 is 0.923 bits per heavy atom. The first-order valence-corrected chi connectivity index (χ1v) is 19.8. The van der Waals surface area contributed by atoms with E-state index in [2.05, 4.69) is 15.4 Å². The summed E-state index contributed by atoms with van der Waals surface area (Å²) in [6.45, 7) is 5.21. The quantitative estimate of drug-likeness (QED) is 0.346. The Hall–Kier alpha value is -4.23. The van der Waals surface area contributed by atoms with Crippen molar-refractivity contribution in [2.75, 3.05) is 13.7 Å². The van der Waals surface area contributed by atoms with Crippen molar-refractivity contribution < 1.29 is 37.1 Å². The molecule has 3 fully saturated rings. The summed E-state index contributed by atoms with van der Waals surface area (Å²) in [5, 5.41) is 5.07. The number of amides is 4. The van der Waals surface area contributed by atoms with E-state index in [-0.39, 0.29) is 19.4 Å². The molecule has 2 aromatic rings. The minimum Gasteiger partial charge on any atom is -0.444 e. The molecule has 2 heterocycles. The molecule has 3 N–H and O–H groups in total. The molecule has 1 saturated heterocycles. The topological polar surface area (TPSA) is 160 Å². The van der Waals surface area contributed by atoms with E-state index in [0.717, 1.165) is 29.5 Å². The van der Waals surface area contributed by atoms with Crippen LogP contribution in [0.25, 0.3) is 11.1 Å². The van der Waals surface area contributed by atoms with Crippen LogP contribution in [0.1, 0.15) is 84.1 Å². The van der Waals surface area contributed by atoms with Gasteiger partial charge in [-0.25, -0.2) is 13.2 Å². The fraction of sp³-hybridized carbons (Fsp3) is 0.538. The summed E-state index contributed by atoms with van der Waals surface area (Å²) >= 11 is 0. The number of carbonyl (C=O) groups is 4. The van der Waals surface area contributed by atoms with Crippen molar-refractivity contribution in [1.82, 2.24) is 20.3 Å². The number of methoxy groups -OCH3 is 1. The lowest BCUT2D eigenvalue weighted by molar-refractivity contribution is -0.141. The van der Waals surface area contributed by atoms with Gasteiger partial charge in [0, 0.05) is 19.4 Å². The average Bonchev–Trinajstić information content (AvgIpc) is 4.03. The van der Waals surface area contributed by atoms with Crippen LogP contribution in [0.3, 0.4) is 0 Å². The molecule has 0 bridgehead atoms. The first kappa shape index (κ1) is 37.5. The Kier molecular flexibility index (Phi) is 10.6. The number of fused-ring (bicyclic) bond motifs is 2. The zero-order chi connectivity index (χ0) is 37.3. The van der Waals surface area contributed by atoms with Crippen molar-refractivity contribution in [3.05, 3.63) is 72.3 Å². The highest BCUT2D eigenvalue weighted by Crippen LogP contribution is 2.47. The van der Waals surface area contributed by atoms with Gasteiger partial charge < -0.3 is 25.0 Å². The first-order valence-electron chi connectivity index (χ1n) is 18.2. The molecule has 280 valence electrons. The van der Waals surface area contributed by atoms with Gasteiger partial charge in [0.25, 0.3) is 5.91 Å². The van der Waals surface area contributed by atoms with Gasteiger partial charge in [0.15, 0.2) is 0 Å². The molecular formula is C39H50N4O8S. The number of nitrogens with one attached hydrogen (secondary N) is 3. The van der Waals surface area contributed by atoms with Gasteiger partial charge in [0.1, 0.15) is 28.8 Å². The molecule has 12 nitrogen and oxygen atoms in total. The molecule has 2 saturated carbocycles. The van der Waals surface area contributed by atoms with Crippen LogP contribution in [-0.4, -0.2) is 79.3 Å². The maximum Gasteiger partial charge on any atom is 0.408 e. The minimum atomic E-state index is -3.88. The van der Waals surface area contributed by atoms with Crippen LogP contribution in [0.15, 0.2) is 66.7 Å². The van der Waals surface area contributed by atoms with Crippen molar-refractivity contribution in [2.45, 2.75) is 113 Å². The van der Waals surface area contributed by atoms with E-state index in [1.165, 1.54) is 12.0 Å². The summed E-state index contributed by atoms with van der Waals surface area (Å²) in [6, 6.07) is 15.6. The summed E-state index contributed by atoms with van der Waals surface area (Å²) in [6.07, 6.45) is 7.58. The molecule has 52 heavy (non-hydrogen) atoms. The molecule has 6 rings (SSSR count). The number of sulfonamides is 1. The second kappa shape index (κ2) is 14.7. The monoisotopic (exact) mass is 734 g/mol. The van der Waals surface area contributed by atoms with Gasteiger partial charge in [-0.3, -0.25) is 19.1 Å². The number of carbonyl (C=O) groups excluding carboxylic acids is 4. The summed E-state index contributed by atoms with van der Waals surface area (Å²) in [5.74, 6) is -2.27. The second-order valence-corrected chi connectivity index (χ2v) is 17.5. The summed E-state index contributed by atoms with van der Waals surface area (Å²) in [5.41, 5.74) is -0.624. The third kappa shape index (κ3) is 8.20. The Labute approximate surface area is 306 Å². The second-order valence-electron chi connectivity index (χ2n) is 15.5. The molecule has 0 unspecified atom stereocenters. The molecule has 4 aliphatic rings. The molecule has 2 aromatic carbocycles. The van der Waals surface area contributed by atoms with E-state index >= 15 is 0 Å². The standard InChI is InChI=1S/C39H50N4O8S/c1-37(2,3)51-36(47)40-31-16-12-7-5-6-11-15-29-23-39(29,35(46)42-52(48,49)30-21-22-30)41-33(44)32-24-38(50-4,25-43(32)34(31)45)28-19-17-27(18-20-28)26-13-9-8-10-14-26/h8-11,13-15,17-20,29-32H,5-7,12,16,21-25H2,1-4H3,(H,40,47)(H,41,44)(H,42,46)/t29-,31-,32-,38-,39+/m0/s1. The molecule has 2 aliphatic carbocycles. The van der Waals surface area contributed by atoms with E-state index in [0.29, 0.717) is 32.1 Å². The lowest BCUT2D eigenvalue weighted by atomic mass is 9.89. The maximum atomic E-state index is 14.6. The smallest absolute Gasteiger partial charge is 0.408 e. The van der Waals surface area contributed by atoms with Crippen LogP contribution in [0.5, 0.6) is 0 Å². The number of allylic oxidation sites excluding steroid dienone is 1. The van der Waals surface area contributed by atoms with E-state index in [1.54, 1.807) is 20.8 Å². The predicted molar refractivity (Wildman–Crippen MR) is 195 cm³/mol. The van der Waals surface area contributed by atoms with E-state index in [9.17, 15) is 27.6 Å². The van der Waals surface area contributed by atoms with Crippen molar-refractivity contribution in [3.8, 4) is 11.1 Å². The normalized spacial score (nSPS) is 28.4. The summed E-state index contributed by atoms with van der Waals surface area (Å²) in [7, 11) is -2.34. The van der Waals surface area contributed by atoms with Crippen molar-refractivity contribution in [3.63, 3.8) is 0 Å². The van der Waals surface area contributed by atoms with Crippen LogP contribution < -0.4 is 15.4 Å². The Morgan fingerprint density at radius 3 is 2.27 bits per heavy atom. The van der Waals surface area contributed by atoms with E-state index in [4.69, 9.17) is 9.47 Å². The lowest BCUT2D eigenvalue weighted by Crippen LogP contribution is -2.58. The summed E-state index contributed by atoms with van der Waals surface area (Å²) < 4.78 is 39.6. The summed E-state index contributed by atoms with van der Waals surface area (Å²) in [4.78, 5) is 57.3. The van der Waals surface area contributed by atoms with E-state index < -0.39 is 73.8 Å². The SMILES string of the molecule is CO[C@@]1(c2ccc(-c3ccccc3)cc2)C[C@H]2C(=O)N[C@]3(C(=O)NS(=O)(=O)C4CC4)C[C@@H]3C=CCCCCC[C@H](NC(=O)OC(C)(C)C)C(=O)N2C1. The van der Waals surface area contributed by atoms with Crippen molar-refractivity contribution >= 4 is 33.8 Å². The third-order valence-corrected chi connectivity index (χ3v) is 12.3. The van der Waals surface area contributed by atoms with Gasteiger partial charge >= 0.3 is 6.09 Å². The number of benzene rings is 2. The molecule has 5 atom stereocenters. The fourth-order valence-corrected chi connectivity index (χ4v) is 8.70. The van der Waals surface area contributed by atoms with Crippen LogP contribution >= 0.6 is 0 Å². The van der Waals surface area contributed by atoms with Crippen LogP contribution in [-0.2, 0) is 39.5 Å². The largest absolute Gasteiger partial charge is 0.444 e. The Bertz CT molecular complexity index is 1810. The molecule has 0 radical (unpaired) electrons. The number of rotatable bonds is 7. The highest BCUT2D eigenvalue weighted by atomic mass is 32.2. The Balaban J connectivity index is 1.35. The first-order chi connectivity index (χ1) is 24.7. The lowest BCUT2D eigenvalue weighted by Gasteiger charge is -2.31. The molecule has 0 spiro atoms. The van der Waals surface area contributed by atoms with Crippen molar-refractivity contribution in [1.29, 1.82) is 0 Å². The number of ether oxygens (including phenoxy) is 2. The Morgan fingerprint density at radius 2 is 1.62 bits per heavy atom. The molecule has 0 aromatic heterocycles. The van der Waals surface area contributed by atoms with Crippen LogP contribution in [0.2, 0.25) is 0 Å². The minimum absolute atomic E-state index is 0.00378. The molecule has 13 heteroatoms. The zero-order valence-corrected chi connectivity index (χ0v) is 31.2. The van der Waals surface area contributed by atoms with Crippen LogP contribution in [0.4, 0.5) is 4.79 Å². The average molecular weight is 735 g/mol. The van der Waals surface area contributed by atoms with Gasteiger partial charge in [-0.05, 0) is 76.0 Å². The number of hydrogen-bond donors (Lipinski definition) is 3. The third-order valence-electron chi connectivity index (χ3n) is 10.5. The number of nitrogens with zero attached hydrogens (tertiary/aromatic N) is 1. The van der Waals surface area contributed by atoms with Crippen molar-refractivity contribution in [2.24, 2.45) is 5.92 Å². The highest BCUT2D eigenvalue weighted by Gasteiger charge is 2.62. The van der Waals surface area contributed by atoms with Gasteiger partial charge in [-0.2, -0.15) is 0 Å². The molecule has 2 aliphatic heterocycles. The van der Waals surface area contributed by atoms with Gasteiger partial charge in [-0.15, -0.1) is 0 Å². The van der Waals surface area contributed by atoms with E-state index in [1.807, 2.05) is 66.7 Å². The highest BCUT2D eigenvalue weighted by molar-refractivity contribution is 7.91. The zero-order valence-electron chi connectivity index (χ0n) is 30.4. The van der Waals surface area contributed by atoms with Gasteiger partial charge in [-0.1, -0.05) is 79.6 Å².